The number of nitrogens with zero attached hydrogens (tertiary/aromatic N) is 2. The molecule has 3 rings (SSSR count). The van der Waals surface area contributed by atoms with Crippen LogP contribution in [0.1, 0.15) is 30.0 Å². The summed E-state index contributed by atoms with van der Waals surface area (Å²) in [6, 6.07) is 4.80. The van der Waals surface area contributed by atoms with Gasteiger partial charge in [-0.05, 0) is 24.8 Å². The van der Waals surface area contributed by atoms with Crippen LogP contribution in [0.15, 0.2) is 12.1 Å². The monoisotopic (exact) mass is 347 g/mol. The van der Waals surface area contributed by atoms with Crippen LogP contribution in [0.3, 0.4) is 0 Å². The van der Waals surface area contributed by atoms with E-state index < -0.39 is 5.82 Å². The lowest BCUT2D eigenvalue weighted by molar-refractivity contribution is 0.153. The fourth-order valence-electron chi connectivity index (χ4n) is 3.05. The Labute approximate surface area is 142 Å². The van der Waals surface area contributed by atoms with Crippen molar-refractivity contribution in [1.82, 2.24) is 10.2 Å². The van der Waals surface area contributed by atoms with Gasteiger partial charge in [-0.25, -0.2) is 4.39 Å². The molecule has 0 spiro atoms. The predicted molar refractivity (Wildman–Crippen MR) is 87.2 cm³/mol. The number of nitrogens with one attached hydrogen (secondary N) is 1. The van der Waals surface area contributed by atoms with E-state index in [0.717, 1.165) is 39.0 Å². The first-order valence-electron chi connectivity index (χ1n) is 7.08. The molecule has 1 saturated heterocycles. The lowest BCUT2D eigenvalue weighted by atomic mass is 9.96. The van der Waals surface area contributed by atoms with Crippen molar-refractivity contribution in [3.63, 3.8) is 0 Å². The van der Waals surface area contributed by atoms with Crippen LogP contribution in [-0.2, 0) is 0 Å². The van der Waals surface area contributed by atoms with Gasteiger partial charge in [-0.1, -0.05) is 6.07 Å². The highest BCUT2D eigenvalue weighted by Gasteiger charge is 2.38. The van der Waals surface area contributed by atoms with Crippen molar-refractivity contribution in [2.24, 2.45) is 5.92 Å². The van der Waals surface area contributed by atoms with E-state index in [1.807, 2.05) is 0 Å². The van der Waals surface area contributed by atoms with Gasteiger partial charge in [0.15, 0.2) is 0 Å². The van der Waals surface area contributed by atoms with E-state index in [0.29, 0.717) is 11.5 Å². The molecular weight excluding hydrogens is 328 g/mol. The van der Waals surface area contributed by atoms with Gasteiger partial charge in [0.05, 0.1) is 0 Å². The van der Waals surface area contributed by atoms with Crippen molar-refractivity contribution in [1.29, 1.82) is 5.26 Å². The molecule has 0 unspecified atom stereocenters. The summed E-state index contributed by atoms with van der Waals surface area (Å²) in [5.74, 6) is -0.317. The number of piperazine rings is 1. The number of nitriles is 1. The number of phenols is 1. The quantitative estimate of drug-likeness (QED) is 0.882. The first-order chi connectivity index (χ1) is 9.72. The molecule has 0 aromatic heterocycles. The maximum Gasteiger partial charge on any atom is 0.144 e. The molecule has 1 atom stereocenters. The van der Waals surface area contributed by atoms with Gasteiger partial charge >= 0.3 is 0 Å². The maximum atomic E-state index is 13.5. The van der Waals surface area contributed by atoms with Gasteiger partial charge in [-0.15, -0.1) is 24.8 Å². The number of phenolic OH excluding ortho intramolecular Hbond substituents is 1. The van der Waals surface area contributed by atoms with Crippen molar-refractivity contribution < 1.29 is 9.50 Å². The Hall–Kier alpha value is -1.06. The highest BCUT2D eigenvalue weighted by atomic mass is 35.5. The maximum absolute atomic E-state index is 13.5. The average Bonchev–Trinajstić information content (AvgIpc) is 3.28. The van der Waals surface area contributed by atoms with E-state index in [-0.39, 0.29) is 42.2 Å². The fraction of sp³-hybridized carbons (Fsp3) is 0.533. The van der Waals surface area contributed by atoms with Crippen LogP contribution >= 0.6 is 24.8 Å². The normalized spacial score (nSPS) is 19.5. The van der Waals surface area contributed by atoms with Crippen LogP contribution in [0, 0.1) is 23.1 Å². The van der Waals surface area contributed by atoms with E-state index in [2.05, 4.69) is 10.2 Å². The van der Waals surface area contributed by atoms with E-state index in [1.165, 1.54) is 6.07 Å². The molecule has 1 saturated carbocycles. The van der Waals surface area contributed by atoms with E-state index in [1.54, 1.807) is 12.1 Å². The van der Waals surface area contributed by atoms with Crippen LogP contribution in [0.5, 0.6) is 5.75 Å². The van der Waals surface area contributed by atoms with Gasteiger partial charge in [-0.2, -0.15) is 5.26 Å². The minimum absolute atomic E-state index is 0. The van der Waals surface area contributed by atoms with Gasteiger partial charge in [-0.3, -0.25) is 4.90 Å². The van der Waals surface area contributed by atoms with E-state index in [9.17, 15) is 9.50 Å². The molecule has 22 heavy (non-hydrogen) atoms. The molecule has 1 heterocycles. The van der Waals surface area contributed by atoms with E-state index >= 15 is 0 Å². The molecule has 7 heteroatoms. The summed E-state index contributed by atoms with van der Waals surface area (Å²) in [5, 5.41) is 22.5. The molecule has 1 aromatic carbocycles. The second-order valence-electron chi connectivity index (χ2n) is 5.54. The van der Waals surface area contributed by atoms with Crippen molar-refractivity contribution in [3.8, 4) is 11.8 Å². The first kappa shape index (κ1) is 19.0. The zero-order valence-electron chi connectivity index (χ0n) is 12.1. The standard InChI is InChI=1S/C15H18FN3O.2ClH/c16-13-4-3-11(15(20)12(13)9-17)14(10-1-2-10)19-7-5-18-6-8-19;;/h3-4,10,14,18,20H,1-2,5-8H2;2*1H/t14-;;/m1../s1. The zero-order chi connectivity index (χ0) is 14.1. The first-order valence-corrected chi connectivity index (χ1v) is 7.08. The Morgan fingerprint density at radius 1 is 1.27 bits per heavy atom. The summed E-state index contributed by atoms with van der Waals surface area (Å²) >= 11 is 0. The topological polar surface area (TPSA) is 59.3 Å². The molecule has 1 aliphatic heterocycles. The number of hydrogen-bond acceptors (Lipinski definition) is 4. The zero-order valence-corrected chi connectivity index (χ0v) is 13.7. The Morgan fingerprint density at radius 2 is 1.91 bits per heavy atom. The summed E-state index contributed by atoms with van der Waals surface area (Å²) < 4.78 is 13.5. The molecule has 1 aromatic rings. The van der Waals surface area contributed by atoms with Gasteiger partial charge in [0, 0.05) is 37.8 Å². The molecule has 0 bridgehead atoms. The summed E-state index contributed by atoms with van der Waals surface area (Å²) in [4.78, 5) is 2.34. The predicted octanol–water partition coefficient (Wildman–Crippen LogP) is 2.60. The van der Waals surface area contributed by atoms with Gasteiger partial charge in [0.2, 0.25) is 0 Å². The Kier molecular flexibility index (Phi) is 6.89. The summed E-state index contributed by atoms with van der Waals surface area (Å²) in [6.45, 7) is 3.69. The molecule has 4 nitrogen and oxygen atoms in total. The number of rotatable bonds is 3. The lowest BCUT2D eigenvalue weighted by Crippen LogP contribution is -2.45. The second kappa shape index (κ2) is 7.98. The van der Waals surface area contributed by atoms with Crippen LogP contribution in [0.25, 0.3) is 0 Å². The summed E-state index contributed by atoms with van der Waals surface area (Å²) in [7, 11) is 0. The molecule has 2 aliphatic rings. The number of benzene rings is 1. The Bertz CT molecular complexity index is 554. The number of hydrogen-bond donors (Lipinski definition) is 2. The molecule has 122 valence electrons. The fourth-order valence-corrected chi connectivity index (χ4v) is 3.05. The van der Waals surface area contributed by atoms with Crippen LogP contribution in [0.2, 0.25) is 0 Å². The molecular formula is C15H20Cl2FN3O. The third kappa shape index (κ3) is 3.64. The van der Waals surface area contributed by atoms with Crippen LogP contribution < -0.4 is 5.32 Å². The lowest BCUT2D eigenvalue weighted by Gasteiger charge is -2.35. The highest BCUT2D eigenvalue weighted by molar-refractivity contribution is 5.85. The van der Waals surface area contributed by atoms with Crippen molar-refractivity contribution in [3.05, 3.63) is 29.1 Å². The highest BCUT2D eigenvalue weighted by Crippen LogP contribution is 2.47. The van der Waals surface area contributed by atoms with Crippen LogP contribution in [0.4, 0.5) is 4.39 Å². The minimum Gasteiger partial charge on any atom is -0.506 e. The third-order valence-corrected chi connectivity index (χ3v) is 4.20. The SMILES string of the molecule is Cl.Cl.N#Cc1c(F)ccc([C@@H](C2CC2)N2CCNCC2)c1O. The minimum atomic E-state index is -0.649. The molecule has 2 N–H and O–H groups in total. The molecule has 0 amide bonds. The molecule has 0 radical (unpaired) electrons. The largest absolute Gasteiger partial charge is 0.506 e. The van der Waals surface area contributed by atoms with Crippen molar-refractivity contribution in [2.45, 2.75) is 18.9 Å². The van der Waals surface area contributed by atoms with E-state index in [4.69, 9.17) is 5.26 Å². The van der Waals surface area contributed by atoms with Gasteiger partial charge in [0.25, 0.3) is 0 Å². The number of halogens is 3. The Balaban J connectivity index is 0.00000121. The molecule has 2 fully saturated rings. The van der Waals surface area contributed by atoms with Crippen molar-refractivity contribution in [2.75, 3.05) is 26.2 Å². The summed E-state index contributed by atoms with van der Waals surface area (Å²) in [5.41, 5.74) is 0.468. The van der Waals surface area contributed by atoms with Crippen molar-refractivity contribution >= 4 is 24.8 Å². The third-order valence-electron chi connectivity index (χ3n) is 4.20. The smallest absolute Gasteiger partial charge is 0.144 e. The molecule has 1 aliphatic carbocycles. The average molecular weight is 348 g/mol. The summed E-state index contributed by atoms with van der Waals surface area (Å²) in [6.07, 6.45) is 2.26. The second-order valence-corrected chi connectivity index (χ2v) is 5.54. The number of aromatic hydroxyl groups is 1. The van der Waals surface area contributed by atoms with Crippen LogP contribution in [-0.4, -0.2) is 36.2 Å². The van der Waals surface area contributed by atoms with Gasteiger partial charge < -0.3 is 10.4 Å². The Morgan fingerprint density at radius 3 is 2.45 bits per heavy atom. The van der Waals surface area contributed by atoms with Gasteiger partial charge in [0.1, 0.15) is 23.2 Å².